The van der Waals surface area contributed by atoms with Gasteiger partial charge < -0.3 is 15.0 Å². The summed E-state index contributed by atoms with van der Waals surface area (Å²) >= 11 is 0. The minimum absolute atomic E-state index is 0.0630. The summed E-state index contributed by atoms with van der Waals surface area (Å²) in [6.07, 6.45) is 3.88. The molecule has 20 heavy (non-hydrogen) atoms. The number of nitrogens with one attached hydrogen (secondary N) is 1. The largest absolute Gasteiger partial charge is 0.482 e. The quantitative estimate of drug-likeness (QED) is 0.858. The molecule has 0 saturated carbocycles. The number of aromatic nitrogens is 1. The maximum atomic E-state index is 11.8. The van der Waals surface area contributed by atoms with Gasteiger partial charge in [0.1, 0.15) is 5.75 Å². The Hall–Kier alpha value is -1.62. The number of nitrogens with zero attached hydrogens (tertiary/aromatic N) is 2. The Bertz CT molecular complexity index is 425. The zero-order valence-electron chi connectivity index (χ0n) is 12.3. The standard InChI is InChI=1S/C15H23N3O2/c1-12(2)16-9-13-5-6-14(10-17-13)20-11-15(19)18-7-3-4-8-18/h5-6,10,12,16H,3-4,7-9,11H2,1-2H3. The van der Waals surface area contributed by atoms with Gasteiger partial charge in [0, 0.05) is 25.7 Å². The Morgan fingerprint density at radius 1 is 1.40 bits per heavy atom. The first-order valence-corrected chi connectivity index (χ1v) is 7.24. The van der Waals surface area contributed by atoms with Crippen molar-refractivity contribution in [3.8, 4) is 5.75 Å². The average Bonchev–Trinajstić information content (AvgIpc) is 2.98. The van der Waals surface area contributed by atoms with Crippen molar-refractivity contribution < 1.29 is 9.53 Å². The Kier molecular flexibility index (Phi) is 5.35. The van der Waals surface area contributed by atoms with Gasteiger partial charge in [0.2, 0.25) is 0 Å². The molecule has 1 N–H and O–H groups in total. The fraction of sp³-hybridized carbons (Fsp3) is 0.600. The Morgan fingerprint density at radius 3 is 2.75 bits per heavy atom. The number of carbonyl (C=O) groups excluding carboxylic acids is 1. The van der Waals surface area contributed by atoms with E-state index in [2.05, 4.69) is 24.1 Å². The lowest BCUT2D eigenvalue weighted by Crippen LogP contribution is -2.32. The second-order valence-electron chi connectivity index (χ2n) is 5.40. The van der Waals surface area contributed by atoms with Crippen molar-refractivity contribution in [3.63, 3.8) is 0 Å². The normalized spacial score (nSPS) is 14.8. The van der Waals surface area contributed by atoms with E-state index in [1.807, 2.05) is 17.0 Å². The fourth-order valence-electron chi connectivity index (χ4n) is 2.11. The van der Waals surface area contributed by atoms with Crippen LogP contribution >= 0.6 is 0 Å². The summed E-state index contributed by atoms with van der Waals surface area (Å²) in [6, 6.07) is 4.22. The molecule has 0 unspecified atom stereocenters. The molecule has 110 valence electrons. The van der Waals surface area contributed by atoms with Crippen molar-refractivity contribution in [2.24, 2.45) is 0 Å². The molecule has 1 aromatic heterocycles. The Labute approximate surface area is 120 Å². The molecule has 2 rings (SSSR count). The van der Waals surface area contributed by atoms with E-state index in [0.717, 1.165) is 38.2 Å². The van der Waals surface area contributed by atoms with Crippen molar-refractivity contribution in [2.45, 2.75) is 39.3 Å². The zero-order chi connectivity index (χ0) is 14.4. The summed E-state index contributed by atoms with van der Waals surface area (Å²) in [5, 5.41) is 3.30. The minimum atomic E-state index is 0.0630. The van der Waals surface area contributed by atoms with Gasteiger partial charge in [0.25, 0.3) is 5.91 Å². The van der Waals surface area contributed by atoms with Gasteiger partial charge in [-0.15, -0.1) is 0 Å². The molecular weight excluding hydrogens is 254 g/mol. The van der Waals surface area contributed by atoms with Crippen LogP contribution in [0.2, 0.25) is 0 Å². The van der Waals surface area contributed by atoms with E-state index in [9.17, 15) is 4.79 Å². The molecule has 1 saturated heterocycles. The number of amides is 1. The molecule has 1 aromatic rings. The van der Waals surface area contributed by atoms with E-state index in [0.29, 0.717) is 11.8 Å². The summed E-state index contributed by atoms with van der Waals surface area (Å²) < 4.78 is 5.49. The maximum absolute atomic E-state index is 11.8. The molecule has 0 aromatic carbocycles. The van der Waals surface area contributed by atoms with Gasteiger partial charge in [-0.1, -0.05) is 13.8 Å². The fourth-order valence-corrected chi connectivity index (χ4v) is 2.11. The molecule has 0 spiro atoms. The third kappa shape index (κ3) is 4.49. The van der Waals surface area contributed by atoms with Crippen LogP contribution in [-0.4, -0.2) is 41.5 Å². The monoisotopic (exact) mass is 277 g/mol. The highest BCUT2D eigenvalue weighted by Crippen LogP contribution is 2.11. The molecule has 0 bridgehead atoms. The third-order valence-corrected chi connectivity index (χ3v) is 3.31. The first kappa shape index (κ1) is 14.8. The summed E-state index contributed by atoms with van der Waals surface area (Å²) in [4.78, 5) is 18.0. The average molecular weight is 277 g/mol. The first-order chi connectivity index (χ1) is 9.65. The van der Waals surface area contributed by atoms with Crippen LogP contribution in [-0.2, 0) is 11.3 Å². The van der Waals surface area contributed by atoms with Gasteiger partial charge in [0.05, 0.1) is 11.9 Å². The summed E-state index contributed by atoms with van der Waals surface area (Å²) in [5.41, 5.74) is 0.969. The molecule has 1 fully saturated rings. The molecule has 5 nitrogen and oxygen atoms in total. The van der Waals surface area contributed by atoms with Crippen LogP contribution in [0.3, 0.4) is 0 Å². The van der Waals surface area contributed by atoms with Gasteiger partial charge in [-0.2, -0.15) is 0 Å². The van der Waals surface area contributed by atoms with Crippen LogP contribution in [0.1, 0.15) is 32.4 Å². The van der Waals surface area contributed by atoms with Crippen LogP contribution in [0.25, 0.3) is 0 Å². The molecule has 0 atom stereocenters. The van der Waals surface area contributed by atoms with Crippen molar-refractivity contribution in [1.82, 2.24) is 15.2 Å². The number of hydrogen-bond acceptors (Lipinski definition) is 4. The molecule has 2 heterocycles. The van der Waals surface area contributed by atoms with Crippen molar-refractivity contribution in [1.29, 1.82) is 0 Å². The highest BCUT2D eigenvalue weighted by molar-refractivity contribution is 5.77. The van der Waals surface area contributed by atoms with Gasteiger partial charge >= 0.3 is 0 Å². The number of likely N-dealkylation sites (tertiary alicyclic amines) is 1. The zero-order valence-corrected chi connectivity index (χ0v) is 12.3. The van der Waals surface area contributed by atoms with Gasteiger partial charge in [0.15, 0.2) is 6.61 Å². The van der Waals surface area contributed by atoms with Crippen molar-refractivity contribution in [3.05, 3.63) is 24.0 Å². The van der Waals surface area contributed by atoms with Crippen LogP contribution in [0, 0.1) is 0 Å². The van der Waals surface area contributed by atoms with Gasteiger partial charge in [-0.25, -0.2) is 0 Å². The minimum Gasteiger partial charge on any atom is -0.482 e. The topological polar surface area (TPSA) is 54.5 Å². The summed E-state index contributed by atoms with van der Waals surface area (Å²) in [6.45, 7) is 6.76. The lowest BCUT2D eigenvalue weighted by atomic mass is 10.3. The number of ether oxygens (including phenoxy) is 1. The first-order valence-electron chi connectivity index (χ1n) is 7.24. The van der Waals surface area contributed by atoms with Crippen LogP contribution < -0.4 is 10.1 Å². The molecular formula is C15H23N3O2. The molecule has 5 heteroatoms. The molecule has 0 radical (unpaired) electrons. The van der Waals surface area contributed by atoms with E-state index < -0.39 is 0 Å². The van der Waals surface area contributed by atoms with Crippen molar-refractivity contribution >= 4 is 5.91 Å². The van der Waals surface area contributed by atoms with E-state index in [1.54, 1.807) is 6.20 Å². The van der Waals surface area contributed by atoms with Crippen LogP contribution in [0.15, 0.2) is 18.3 Å². The predicted octanol–water partition coefficient (Wildman–Crippen LogP) is 1.58. The number of hydrogen-bond donors (Lipinski definition) is 1. The highest BCUT2D eigenvalue weighted by atomic mass is 16.5. The Morgan fingerprint density at radius 2 is 2.15 bits per heavy atom. The second kappa shape index (κ2) is 7.24. The lowest BCUT2D eigenvalue weighted by Gasteiger charge is -2.15. The van der Waals surface area contributed by atoms with E-state index in [1.165, 1.54) is 0 Å². The highest BCUT2D eigenvalue weighted by Gasteiger charge is 2.18. The number of carbonyl (C=O) groups is 1. The summed E-state index contributed by atoms with van der Waals surface area (Å²) in [7, 11) is 0. The molecule has 0 aliphatic carbocycles. The lowest BCUT2D eigenvalue weighted by molar-refractivity contribution is -0.132. The van der Waals surface area contributed by atoms with Crippen LogP contribution in [0.4, 0.5) is 0 Å². The Balaban J connectivity index is 1.77. The predicted molar refractivity (Wildman–Crippen MR) is 77.5 cm³/mol. The van der Waals surface area contributed by atoms with E-state index in [4.69, 9.17) is 4.74 Å². The van der Waals surface area contributed by atoms with E-state index >= 15 is 0 Å². The van der Waals surface area contributed by atoms with Crippen LogP contribution in [0.5, 0.6) is 5.75 Å². The van der Waals surface area contributed by atoms with E-state index in [-0.39, 0.29) is 12.5 Å². The maximum Gasteiger partial charge on any atom is 0.260 e. The number of rotatable bonds is 6. The molecule has 1 aliphatic rings. The van der Waals surface area contributed by atoms with Gasteiger partial charge in [-0.05, 0) is 25.0 Å². The second-order valence-corrected chi connectivity index (χ2v) is 5.40. The third-order valence-electron chi connectivity index (χ3n) is 3.31. The summed E-state index contributed by atoms with van der Waals surface area (Å²) in [5.74, 6) is 0.707. The molecule has 1 aliphatic heterocycles. The SMILES string of the molecule is CC(C)NCc1ccc(OCC(=O)N2CCCC2)cn1. The van der Waals surface area contributed by atoms with Gasteiger partial charge in [-0.3, -0.25) is 9.78 Å². The molecule has 1 amide bonds. The number of pyridine rings is 1. The smallest absolute Gasteiger partial charge is 0.260 e. The van der Waals surface area contributed by atoms with Crippen molar-refractivity contribution in [2.75, 3.05) is 19.7 Å².